The van der Waals surface area contributed by atoms with Gasteiger partial charge in [-0.3, -0.25) is 9.59 Å². The van der Waals surface area contributed by atoms with Gasteiger partial charge in [-0.15, -0.1) is 0 Å². The highest BCUT2D eigenvalue weighted by atomic mass is 16.3. The Morgan fingerprint density at radius 3 is 2.52 bits per heavy atom. The van der Waals surface area contributed by atoms with Crippen LogP contribution < -0.4 is 11.3 Å². The first kappa shape index (κ1) is 16.8. The van der Waals surface area contributed by atoms with E-state index in [4.69, 9.17) is 10.2 Å². The van der Waals surface area contributed by atoms with Crippen molar-refractivity contribution in [2.75, 3.05) is 5.73 Å². The molecule has 0 aliphatic carbocycles. The summed E-state index contributed by atoms with van der Waals surface area (Å²) in [6, 6.07) is 4.94. The highest BCUT2D eigenvalue weighted by molar-refractivity contribution is 5.76. The predicted molar refractivity (Wildman–Crippen MR) is 87.7 cm³/mol. The van der Waals surface area contributed by atoms with Crippen molar-refractivity contribution in [3.63, 3.8) is 0 Å². The fraction of sp³-hybridized carbons (Fsp3) is 0.438. The molecule has 0 unspecified atom stereocenters. The summed E-state index contributed by atoms with van der Waals surface area (Å²) in [7, 11) is 0. The fourth-order valence-electron chi connectivity index (χ4n) is 2.60. The number of nitrogens with zero attached hydrogens (tertiary/aromatic N) is 3. The van der Waals surface area contributed by atoms with Crippen LogP contribution in [-0.2, 0) is 11.3 Å². The molecule has 0 bridgehead atoms. The van der Waals surface area contributed by atoms with E-state index in [9.17, 15) is 9.59 Å². The Kier molecular flexibility index (Phi) is 4.88. The van der Waals surface area contributed by atoms with E-state index in [0.717, 1.165) is 4.68 Å². The number of carbonyl (C=O) groups is 1. The molecule has 2 heterocycles. The van der Waals surface area contributed by atoms with Gasteiger partial charge in [-0.05, 0) is 45.9 Å². The second-order valence-electron chi connectivity index (χ2n) is 5.91. The summed E-state index contributed by atoms with van der Waals surface area (Å²) < 4.78 is 6.36. The van der Waals surface area contributed by atoms with Crippen LogP contribution in [0.1, 0.15) is 27.7 Å². The summed E-state index contributed by atoms with van der Waals surface area (Å²) in [5.41, 5.74) is 5.72. The van der Waals surface area contributed by atoms with Crippen molar-refractivity contribution in [2.45, 2.75) is 46.3 Å². The number of carbonyl (C=O) groups excluding carboxylic acids is 1. The molecule has 1 amide bonds. The number of amides is 1. The zero-order valence-electron chi connectivity index (χ0n) is 13.8. The van der Waals surface area contributed by atoms with Gasteiger partial charge in [0, 0.05) is 12.1 Å². The van der Waals surface area contributed by atoms with E-state index < -0.39 is 5.56 Å². The molecule has 0 spiro atoms. The Bertz CT molecular complexity index is 724. The third kappa shape index (κ3) is 3.61. The lowest BCUT2D eigenvalue weighted by Gasteiger charge is -2.30. The minimum Gasteiger partial charge on any atom is -0.463 e. The van der Waals surface area contributed by atoms with E-state index in [1.165, 1.54) is 12.3 Å². The number of hydrogen-bond acceptors (Lipinski definition) is 5. The Balaban J connectivity index is 2.36. The first-order valence-electron chi connectivity index (χ1n) is 7.54. The third-order valence-corrected chi connectivity index (χ3v) is 3.46. The Morgan fingerprint density at radius 2 is 2.00 bits per heavy atom. The number of rotatable bonds is 5. The summed E-state index contributed by atoms with van der Waals surface area (Å²) in [5.74, 6) is 0.308. The molecule has 2 rings (SSSR count). The summed E-state index contributed by atoms with van der Waals surface area (Å²) in [5, 5.41) is 4.20. The molecule has 2 N–H and O–H groups in total. The molecule has 0 aliphatic heterocycles. The monoisotopic (exact) mass is 318 g/mol. The number of anilines is 1. The van der Waals surface area contributed by atoms with E-state index in [1.807, 2.05) is 27.7 Å². The highest BCUT2D eigenvalue weighted by Crippen LogP contribution is 2.17. The van der Waals surface area contributed by atoms with Crippen LogP contribution in [0.5, 0.6) is 0 Å². The molecule has 124 valence electrons. The smallest absolute Gasteiger partial charge is 0.290 e. The van der Waals surface area contributed by atoms with Gasteiger partial charge in [0.1, 0.15) is 17.9 Å². The molecule has 0 atom stereocenters. The Hall–Kier alpha value is -2.57. The van der Waals surface area contributed by atoms with Crippen molar-refractivity contribution in [3.05, 3.63) is 34.8 Å². The van der Waals surface area contributed by atoms with Crippen molar-refractivity contribution in [1.82, 2.24) is 14.7 Å². The molecule has 0 saturated carbocycles. The topological polar surface area (TPSA) is 94.4 Å². The van der Waals surface area contributed by atoms with Crippen LogP contribution in [0.3, 0.4) is 0 Å². The lowest BCUT2D eigenvalue weighted by Crippen LogP contribution is -2.45. The van der Waals surface area contributed by atoms with E-state index in [-0.39, 0.29) is 30.2 Å². The maximum absolute atomic E-state index is 12.5. The average molecular weight is 318 g/mol. The number of nitrogen functional groups attached to an aromatic ring is 1. The van der Waals surface area contributed by atoms with Crippen LogP contribution in [0.25, 0.3) is 11.5 Å². The quantitative estimate of drug-likeness (QED) is 0.906. The maximum atomic E-state index is 12.5. The first-order chi connectivity index (χ1) is 10.8. The van der Waals surface area contributed by atoms with Crippen LogP contribution in [-0.4, -0.2) is 32.7 Å². The minimum absolute atomic E-state index is 0.0276. The maximum Gasteiger partial charge on any atom is 0.290 e. The first-order valence-corrected chi connectivity index (χ1v) is 7.54. The lowest BCUT2D eigenvalue weighted by atomic mass is 10.2. The van der Waals surface area contributed by atoms with Crippen LogP contribution in [0, 0.1) is 0 Å². The van der Waals surface area contributed by atoms with Crippen molar-refractivity contribution < 1.29 is 9.21 Å². The molecular weight excluding hydrogens is 296 g/mol. The van der Waals surface area contributed by atoms with Gasteiger partial charge in [-0.2, -0.15) is 5.10 Å². The standard InChI is InChI=1S/C16H22N4O3/c1-10(2)20(11(3)4)15(21)9-19-16(22)12(17)8-13(18-19)14-6-5-7-23-14/h5-8,10-11H,9,17H2,1-4H3. The summed E-state index contributed by atoms with van der Waals surface area (Å²) in [4.78, 5) is 26.4. The summed E-state index contributed by atoms with van der Waals surface area (Å²) in [6.07, 6.45) is 1.51. The largest absolute Gasteiger partial charge is 0.463 e. The summed E-state index contributed by atoms with van der Waals surface area (Å²) in [6.45, 7) is 7.57. The molecule has 0 aliphatic rings. The van der Waals surface area contributed by atoms with Crippen molar-refractivity contribution in [2.24, 2.45) is 0 Å². The second kappa shape index (κ2) is 6.68. The lowest BCUT2D eigenvalue weighted by molar-refractivity contribution is -0.135. The molecule has 0 fully saturated rings. The number of hydrogen-bond donors (Lipinski definition) is 1. The molecule has 0 saturated heterocycles. The van der Waals surface area contributed by atoms with Gasteiger partial charge in [0.2, 0.25) is 5.91 Å². The SMILES string of the molecule is CC(C)N(C(=O)Cn1nc(-c2ccco2)cc(N)c1=O)C(C)C. The predicted octanol–water partition coefficient (Wildman–Crippen LogP) is 1.73. The van der Waals surface area contributed by atoms with Gasteiger partial charge in [-0.25, -0.2) is 4.68 Å². The van der Waals surface area contributed by atoms with Gasteiger partial charge in [0.05, 0.1) is 6.26 Å². The number of nitrogens with two attached hydrogens (primary N) is 1. The molecule has 7 nitrogen and oxygen atoms in total. The molecule has 2 aromatic rings. The van der Waals surface area contributed by atoms with E-state index in [1.54, 1.807) is 17.0 Å². The molecule has 2 aromatic heterocycles. The highest BCUT2D eigenvalue weighted by Gasteiger charge is 2.22. The fourth-order valence-corrected chi connectivity index (χ4v) is 2.60. The third-order valence-electron chi connectivity index (χ3n) is 3.46. The van der Waals surface area contributed by atoms with Gasteiger partial charge < -0.3 is 15.1 Å². The average Bonchev–Trinajstić information content (AvgIpc) is 2.96. The number of aromatic nitrogens is 2. The molecular formula is C16H22N4O3. The van der Waals surface area contributed by atoms with Crippen molar-refractivity contribution >= 4 is 11.6 Å². The van der Waals surface area contributed by atoms with Crippen LogP contribution in [0.2, 0.25) is 0 Å². The minimum atomic E-state index is -0.485. The Morgan fingerprint density at radius 1 is 1.35 bits per heavy atom. The summed E-state index contributed by atoms with van der Waals surface area (Å²) >= 11 is 0. The van der Waals surface area contributed by atoms with E-state index in [0.29, 0.717) is 11.5 Å². The Labute approximate surface area is 134 Å². The van der Waals surface area contributed by atoms with Crippen molar-refractivity contribution in [1.29, 1.82) is 0 Å². The molecule has 0 radical (unpaired) electrons. The molecule has 7 heteroatoms. The van der Waals surface area contributed by atoms with Crippen LogP contribution in [0.15, 0.2) is 33.7 Å². The van der Waals surface area contributed by atoms with Crippen LogP contribution in [0.4, 0.5) is 5.69 Å². The normalized spacial score (nSPS) is 11.2. The van der Waals surface area contributed by atoms with Gasteiger partial charge in [0.25, 0.3) is 5.56 Å². The zero-order chi connectivity index (χ0) is 17.1. The van der Waals surface area contributed by atoms with Crippen LogP contribution >= 0.6 is 0 Å². The van der Waals surface area contributed by atoms with Crippen molar-refractivity contribution in [3.8, 4) is 11.5 Å². The van der Waals surface area contributed by atoms with Gasteiger partial charge >= 0.3 is 0 Å². The molecule has 23 heavy (non-hydrogen) atoms. The van der Waals surface area contributed by atoms with Gasteiger partial charge in [-0.1, -0.05) is 0 Å². The zero-order valence-corrected chi connectivity index (χ0v) is 13.8. The van der Waals surface area contributed by atoms with E-state index in [2.05, 4.69) is 5.10 Å². The van der Waals surface area contributed by atoms with E-state index >= 15 is 0 Å². The number of furan rings is 1. The van der Waals surface area contributed by atoms with Gasteiger partial charge in [0.15, 0.2) is 5.76 Å². The second-order valence-corrected chi connectivity index (χ2v) is 5.91. The molecule has 0 aromatic carbocycles.